The molecule has 2 aliphatic carbocycles. The van der Waals surface area contributed by atoms with E-state index in [0.29, 0.717) is 48.7 Å². The summed E-state index contributed by atoms with van der Waals surface area (Å²) in [4.78, 5) is 16.9. The van der Waals surface area contributed by atoms with Crippen LogP contribution in [0.1, 0.15) is 32.6 Å². The number of carbonyl (C=O) groups is 1. The molecular formula is C23H31N5O4S. The summed E-state index contributed by atoms with van der Waals surface area (Å²) in [6.07, 6.45) is 13.4. The molecule has 178 valence electrons. The number of ether oxygens (including phenoxy) is 1. The second kappa shape index (κ2) is 9.80. The number of urea groups is 1. The molecule has 0 spiro atoms. The van der Waals surface area contributed by atoms with E-state index in [9.17, 15) is 13.2 Å². The van der Waals surface area contributed by atoms with Gasteiger partial charge in [-0.3, -0.25) is 0 Å². The van der Waals surface area contributed by atoms with Crippen LogP contribution in [0.3, 0.4) is 0 Å². The van der Waals surface area contributed by atoms with E-state index < -0.39 is 20.8 Å². The van der Waals surface area contributed by atoms with E-state index >= 15 is 0 Å². The summed E-state index contributed by atoms with van der Waals surface area (Å²) in [7, 11) is -1.73. The van der Waals surface area contributed by atoms with Gasteiger partial charge in [-0.1, -0.05) is 12.7 Å². The minimum absolute atomic E-state index is 0.345. The number of nitrogens with zero attached hydrogens (tertiary/aromatic N) is 1. The third kappa shape index (κ3) is 5.82. The molecule has 10 heteroatoms. The van der Waals surface area contributed by atoms with Gasteiger partial charge in [0.2, 0.25) is 0 Å². The highest BCUT2D eigenvalue weighted by Gasteiger charge is 2.56. The summed E-state index contributed by atoms with van der Waals surface area (Å²) in [6, 6.07) is -0.345. The van der Waals surface area contributed by atoms with Crippen molar-refractivity contribution in [1.29, 1.82) is 0 Å². The molecule has 1 saturated carbocycles. The Morgan fingerprint density at radius 3 is 2.61 bits per heavy atom. The molecule has 0 aromatic rings. The van der Waals surface area contributed by atoms with Crippen LogP contribution in [0.2, 0.25) is 0 Å². The van der Waals surface area contributed by atoms with Crippen LogP contribution in [0.4, 0.5) is 4.79 Å². The molecule has 5 N–H and O–H groups in total. The molecule has 0 aromatic carbocycles. The minimum atomic E-state index is -3.28. The van der Waals surface area contributed by atoms with E-state index in [1.54, 1.807) is 38.3 Å². The molecule has 1 aliphatic heterocycles. The molecule has 2 amide bonds. The number of rotatable bonds is 8. The fraction of sp³-hybridized carbons (Fsp3) is 0.391. The first kappa shape index (κ1) is 24.5. The Kier molecular flexibility index (Phi) is 7.28. The number of hydrogen-bond acceptors (Lipinski definition) is 7. The molecule has 33 heavy (non-hydrogen) atoms. The smallest absolute Gasteiger partial charge is 0.323 e. The maximum absolute atomic E-state index is 12.3. The lowest BCUT2D eigenvalue weighted by molar-refractivity contribution is 0.245. The summed E-state index contributed by atoms with van der Waals surface area (Å²) in [5.74, 6) is 1.17. The van der Waals surface area contributed by atoms with Crippen LogP contribution in [-0.2, 0) is 14.6 Å². The van der Waals surface area contributed by atoms with E-state index in [0.717, 1.165) is 11.3 Å². The normalized spacial score (nSPS) is 22.6. The molecule has 3 rings (SSSR count). The molecule has 0 unspecified atom stereocenters. The lowest BCUT2D eigenvalue weighted by Crippen LogP contribution is -2.45. The van der Waals surface area contributed by atoms with Gasteiger partial charge in [0.05, 0.1) is 19.0 Å². The second-order valence-corrected chi connectivity index (χ2v) is 10.6. The second-order valence-electron chi connectivity index (χ2n) is 8.24. The van der Waals surface area contributed by atoms with Crippen molar-refractivity contribution in [3.05, 3.63) is 71.5 Å². The van der Waals surface area contributed by atoms with Gasteiger partial charge in [-0.15, -0.1) is 0 Å². The highest BCUT2D eigenvalue weighted by molar-refractivity contribution is 7.92. The third-order valence-corrected chi connectivity index (χ3v) is 7.76. The van der Waals surface area contributed by atoms with Crippen molar-refractivity contribution in [3.8, 4) is 0 Å². The zero-order chi connectivity index (χ0) is 24.2. The van der Waals surface area contributed by atoms with Gasteiger partial charge in [0.1, 0.15) is 16.3 Å². The van der Waals surface area contributed by atoms with Crippen molar-refractivity contribution in [1.82, 2.24) is 16.0 Å². The van der Waals surface area contributed by atoms with Gasteiger partial charge in [-0.25, -0.2) is 18.2 Å². The van der Waals surface area contributed by atoms with E-state index in [1.165, 1.54) is 6.26 Å². The number of aliphatic imine (C=N–C) groups is 1. The Morgan fingerprint density at radius 1 is 1.33 bits per heavy atom. The van der Waals surface area contributed by atoms with Crippen LogP contribution in [0, 0.1) is 0 Å². The van der Waals surface area contributed by atoms with Crippen molar-refractivity contribution in [2.75, 3.05) is 13.4 Å². The number of methoxy groups -OCH3 is 1. The van der Waals surface area contributed by atoms with Crippen LogP contribution in [0.15, 0.2) is 76.5 Å². The van der Waals surface area contributed by atoms with Gasteiger partial charge >= 0.3 is 6.03 Å². The van der Waals surface area contributed by atoms with Crippen molar-refractivity contribution >= 4 is 21.7 Å². The fourth-order valence-corrected chi connectivity index (χ4v) is 5.01. The largest absolute Gasteiger partial charge is 0.497 e. The lowest BCUT2D eigenvalue weighted by atomic mass is 10.0. The Labute approximate surface area is 194 Å². The third-order valence-electron chi connectivity index (χ3n) is 5.73. The predicted octanol–water partition coefficient (Wildman–Crippen LogP) is 2.26. The van der Waals surface area contributed by atoms with Crippen LogP contribution in [-0.4, -0.2) is 44.6 Å². The van der Waals surface area contributed by atoms with Crippen LogP contribution < -0.4 is 21.7 Å². The zero-order valence-corrected chi connectivity index (χ0v) is 20.0. The molecule has 3 aliphatic rings. The van der Waals surface area contributed by atoms with Crippen LogP contribution in [0.25, 0.3) is 0 Å². The quantitative estimate of drug-likeness (QED) is 0.315. The molecule has 0 saturated heterocycles. The maximum atomic E-state index is 12.3. The highest BCUT2D eigenvalue weighted by atomic mass is 32.2. The monoisotopic (exact) mass is 473 g/mol. The summed E-state index contributed by atoms with van der Waals surface area (Å²) >= 11 is 0. The number of allylic oxidation sites excluding steroid dienone is 7. The average Bonchev–Trinajstić information content (AvgIpc) is 3.57. The van der Waals surface area contributed by atoms with E-state index in [1.807, 2.05) is 12.2 Å². The summed E-state index contributed by atoms with van der Waals surface area (Å²) in [5, 5.41) is 8.70. The number of nitrogens with two attached hydrogens (primary N) is 1. The fourth-order valence-electron chi connectivity index (χ4n) is 3.67. The number of sulfone groups is 1. The molecule has 0 bridgehead atoms. The van der Waals surface area contributed by atoms with Crippen molar-refractivity contribution < 1.29 is 17.9 Å². The van der Waals surface area contributed by atoms with Gasteiger partial charge in [-0.2, -0.15) is 0 Å². The Hall–Kier alpha value is -3.11. The molecule has 1 heterocycles. The Morgan fingerprint density at radius 2 is 2.06 bits per heavy atom. The first-order chi connectivity index (χ1) is 15.6. The van der Waals surface area contributed by atoms with Crippen LogP contribution >= 0.6 is 0 Å². The number of hydrogen-bond donors (Lipinski definition) is 4. The van der Waals surface area contributed by atoms with Gasteiger partial charge in [0.25, 0.3) is 0 Å². The first-order valence-corrected chi connectivity index (χ1v) is 12.5. The van der Waals surface area contributed by atoms with E-state index in [4.69, 9.17) is 10.5 Å². The van der Waals surface area contributed by atoms with Crippen LogP contribution in [0.5, 0.6) is 0 Å². The molecule has 1 fully saturated rings. The highest BCUT2D eigenvalue weighted by Crippen LogP contribution is 2.50. The van der Waals surface area contributed by atoms with Gasteiger partial charge in [0.15, 0.2) is 9.84 Å². The molecular weight excluding hydrogens is 442 g/mol. The summed E-state index contributed by atoms with van der Waals surface area (Å²) in [5.41, 5.74) is 8.92. The standard InChI is InChI=1S/C23H31N5O4S/c1-5-18(32-3)11-6-15(2)25-22(29)26-17-9-7-16(8-10-17)21-27-19(14-20(24)28-21)23(12-13-23)33(4,30)31/h5-7,9,11,14,20H,1,8,10,12-13,24H2,2-4H3,(H,27,28)(H2,25,26,29)/b15-6+,18-11+/t20-/m0/s1. The topological polar surface area (TPSA) is 135 Å². The van der Waals surface area contributed by atoms with Gasteiger partial charge < -0.3 is 26.4 Å². The average molecular weight is 474 g/mol. The summed E-state index contributed by atoms with van der Waals surface area (Å²) in [6.45, 7) is 5.40. The van der Waals surface area contributed by atoms with E-state index in [2.05, 4.69) is 27.5 Å². The molecule has 0 aromatic heterocycles. The molecule has 9 nitrogen and oxygen atoms in total. The lowest BCUT2D eigenvalue weighted by Gasteiger charge is -2.26. The maximum Gasteiger partial charge on any atom is 0.323 e. The minimum Gasteiger partial charge on any atom is -0.497 e. The van der Waals surface area contributed by atoms with Crippen molar-refractivity contribution in [2.24, 2.45) is 10.7 Å². The Bertz CT molecular complexity index is 1120. The number of amides is 2. The number of nitrogens with one attached hydrogen (secondary N) is 3. The van der Waals surface area contributed by atoms with Crippen molar-refractivity contribution in [2.45, 2.75) is 43.5 Å². The number of amidine groups is 1. The molecule has 1 atom stereocenters. The van der Waals surface area contributed by atoms with Crippen molar-refractivity contribution in [3.63, 3.8) is 0 Å². The van der Waals surface area contributed by atoms with Gasteiger partial charge in [-0.05, 0) is 68.6 Å². The molecule has 0 radical (unpaired) electrons. The predicted molar refractivity (Wildman–Crippen MR) is 130 cm³/mol. The first-order valence-electron chi connectivity index (χ1n) is 10.6. The zero-order valence-electron chi connectivity index (χ0n) is 19.1. The van der Waals surface area contributed by atoms with E-state index in [-0.39, 0.29) is 6.03 Å². The number of carbonyl (C=O) groups excluding carboxylic acids is 1. The summed E-state index contributed by atoms with van der Waals surface area (Å²) < 4.78 is 28.7. The SMILES string of the molecule is C=C/C(=C\C=C(/C)NC(=O)NC1=CC=C(C2=NC(C3(S(C)(=O)=O)CC3)=C[C@@H](N)N2)CC1)OC. The Balaban J connectivity index is 1.66. The van der Waals surface area contributed by atoms with Gasteiger partial charge in [0, 0.05) is 17.6 Å².